The van der Waals surface area contributed by atoms with Crippen LogP contribution in [-0.2, 0) is 0 Å². The predicted octanol–water partition coefficient (Wildman–Crippen LogP) is 3.84. The van der Waals surface area contributed by atoms with Crippen LogP contribution >= 0.6 is 27.5 Å². The molecule has 1 heterocycles. The van der Waals surface area contributed by atoms with Crippen molar-refractivity contribution >= 4 is 27.5 Å². The molecule has 6 heteroatoms. The van der Waals surface area contributed by atoms with Gasteiger partial charge >= 0.3 is 0 Å². The summed E-state index contributed by atoms with van der Waals surface area (Å²) < 4.78 is 6.59. The second-order valence-corrected chi connectivity index (χ2v) is 6.18. The zero-order chi connectivity index (χ0) is 15.4. The lowest BCUT2D eigenvalue weighted by Crippen LogP contribution is -2.29. The molecule has 0 amide bonds. The summed E-state index contributed by atoms with van der Waals surface area (Å²) in [4.78, 5) is 4.22. The Kier molecular flexibility index (Phi) is 5.58. The van der Waals surface area contributed by atoms with Crippen LogP contribution in [0.3, 0.4) is 0 Å². The minimum absolute atomic E-state index is 0.0873. The average molecular weight is 371 g/mol. The van der Waals surface area contributed by atoms with E-state index in [1.165, 1.54) is 0 Å². The number of halogens is 2. The summed E-state index contributed by atoms with van der Waals surface area (Å²) in [6, 6.07) is 7.27. The van der Waals surface area contributed by atoms with Gasteiger partial charge in [0.15, 0.2) is 0 Å². The Hall–Kier alpha value is -1.14. The monoisotopic (exact) mass is 369 g/mol. The van der Waals surface area contributed by atoms with E-state index in [1.807, 2.05) is 38.1 Å². The van der Waals surface area contributed by atoms with E-state index in [4.69, 9.17) is 22.2 Å². The molecule has 21 heavy (non-hydrogen) atoms. The molecule has 2 aromatic rings. The standard InChI is InChI=1S/C15H17BrClN3O/c1-9(2)21-12-5-10(7-19-8-12)15(20-18)13-6-11(17)3-4-14(13)16/h3-9,15,20H,18H2,1-2H3. The van der Waals surface area contributed by atoms with Crippen LogP contribution in [0.1, 0.15) is 31.0 Å². The van der Waals surface area contributed by atoms with Crippen LogP contribution in [0.5, 0.6) is 5.75 Å². The first-order chi connectivity index (χ1) is 10.0. The first kappa shape index (κ1) is 16.2. The van der Waals surface area contributed by atoms with Crippen molar-refractivity contribution < 1.29 is 4.74 Å². The maximum Gasteiger partial charge on any atom is 0.138 e. The van der Waals surface area contributed by atoms with Gasteiger partial charge in [0.2, 0.25) is 0 Å². The molecule has 1 atom stereocenters. The largest absolute Gasteiger partial charge is 0.489 e. The van der Waals surface area contributed by atoms with Crippen LogP contribution in [-0.4, -0.2) is 11.1 Å². The van der Waals surface area contributed by atoms with Gasteiger partial charge in [0.25, 0.3) is 0 Å². The highest BCUT2D eigenvalue weighted by Gasteiger charge is 2.17. The molecule has 1 aromatic carbocycles. The van der Waals surface area contributed by atoms with E-state index >= 15 is 0 Å². The lowest BCUT2D eigenvalue weighted by atomic mass is 10.0. The normalized spacial score (nSPS) is 12.5. The van der Waals surface area contributed by atoms with Crippen molar-refractivity contribution in [2.45, 2.75) is 26.0 Å². The molecule has 3 N–H and O–H groups in total. The number of benzene rings is 1. The molecule has 112 valence electrons. The Morgan fingerprint density at radius 1 is 1.29 bits per heavy atom. The Balaban J connectivity index is 2.39. The first-order valence-electron chi connectivity index (χ1n) is 6.54. The van der Waals surface area contributed by atoms with E-state index in [1.54, 1.807) is 12.4 Å². The number of rotatable bonds is 5. The molecule has 1 unspecified atom stereocenters. The SMILES string of the molecule is CC(C)Oc1cncc(C(NN)c2cc(Cl)ccc2Br)c1. The van der Waals surface area contributed by atoms with E-state index in [-0.39, 0.29) is 12.1 Å². The van der Waals surface area contributed by atoms with Crippen molar-refractivity contribution in [2.24, 2.45) is 5.84 Å². The molecular weight excluding hydrogens is 354 g/mol. The molecule has 0 aliphatic heterocycles. The van der Waals surface area contributed by atoms with E-state index in [0.717, 1.165) is 15.6 Å². The number of hydrogen-bond donors (Lipinski definition) is 2. The fraction of sp³-hybridized carbons (Fsp3) is 0.267. The summed E-state index contributed by atoms with van der Waals surface area (Å²) >= 11 is 9.60. The van der Waals surface area contributed by atoms with Crippen LogP contribution in [0.15, 0.2) is 41.1 Å². The second-order valence-electron chi connectivity index (χ2n) is 4.89. The number of hydrazine groups is 1. The third-order valence-electron chi connectivity index (χ3n) is 2.88. The summed E-state index contributed by atoms with van der Waals surface area (Å²) in [6.45, 7) is 3.94. The minimum atomic E-state index is -0.235. The summed E-state index contributed by atoms with van der Waals surface area (Å²) in [6.07, 6.45) is 3.53. The molecule has 0 spiro atoms. The van der Waals surface area contributed by atoms with Crippen LogP contribution in [0.2, 0.25) is 5.02 Å². The molecule has 1 aromatic heterocycles. The molecule has 0 fully saturated rings. The van der Waals surface area contributed by atoms with Crippen LogP contribution < -0.4 is 16.0 Å². The minimum Gasteiger partial charge on any atom is -0.489 e. The summed E-state index contributed by atoms with van der Waals surface area (Å²) in [5.74, 6) is 6.43. The average Bonchev–Trinajstić information content (AvgIpc) is 2.43. The van der Waals surface area contributed by atoms with Gasteiger partial charge in [0.05, 0.1) is 18.3 Å². The highest BCUT2D eigenvalue weighted by molar-refractivity contribution is 9.10. The van der Waals surface area contributed by atoms with E-state index < -0.39 is 0 Å². The summed E-state index contributed by atoms with van der Waals surface area (Å²) in [5, 5.41) is 0.649. The van der Waals surface area contributed by atoms with Crippen molar-refractivity contribution in [1.29, 1.82) is 0 Å². The van der Waals surface area contributed by atoms with Gasteiger partial charge in [0, 0.05) is 15.7 Å². The quantitative estimate of drug-likeness (QED) is 0.620. The van der Waals surface area contributed by atoms with Crippen LogP contribution in [0.4, 0.5) is 0 Å². The van der Waals surface area contributed by atoms with Gasteiger partial charge in [-0.05, 0) is 49.2 Å². The van der Waals surface area contributed by atoms with Gasteiger partial charge in [0.1, 0.15) is 5.75 Å². The Morgan fingerprint density at radius 2 is 2.05 bits per heavy atom. The third kappa shape index (κ3) is 4.17. The van der Waals surface area contributed by atoms with E-state index in [0.29, 0.717) is 10.8 Å². The van der Waals surface area contributed by atoms with Crippen molar-refractivity contribution in [2.75, 3.05) is 0 Å². The maximum atomic E-state index is 6.08. The molecule has 4 nitrogen and oxygen atoms in total. The molecular formula is C15H17BrClN3O. The number of hydrogen-bond acceptors (Lipinski definition) is 4. The first-order valence-corrected chi connectivity index (χ1v) is 7.71. The molecule has 0 aliphatic rings. The van der Waals surface area contributed by atoms with Crippen LogP contribution in [0.25, 0.3) is 0 Å². The smallest absolute Gasteiger partial charge is 0.138 e. The fourth-order valence-electron chi connectivity index (χ4n) is 2.03. The lowest BCUT2D eigenvalue weighted by molar-refractivity contribution is 0.241. The van der Waals surface area contributed by atoms with Gasteiger partial charge < -0.3 is 4.74 Å². The topological polar surface area (TPSA) is 60.2 Å². The third-order valence-corrected chi connectivity index (χ3v) is 3.83. The maximum absolute atomic E-state index is 6.08. The van der Waals surface area contributed by atoms with Gasteiger partial charge in [-0.25, -0.2) is 5.43 Å². The number of nitrogens with zero attached hydrogens (tertiary/aromatic N) is 1. The molecule has 0 bridgehead atoms. The summed E-state index contributed by atoms with van der Waals surface area (Å²) in [7, 11) is 0. The van der Waals surface area contributed by atoms with E-state index in [2.05, 4.69) is 26.3 Å². The van der Waals surface area contributed by atoms with Crippen LogP contribution in [0, 0.1) is 0 Å². The molecule has 2 rings (SSSR count). The van der Waals surface area contributed by atoms with Gasteiger partial charge in [-0.3, -0.25) is 10.8 Å². The van der Waals surface area contributed by atoms with Crippen molar-refractivity contribution in [3.8, 4) is 5.75 Å². The van der Waals surface area contributed by atoms with Crippen molar-refractivity contribution in [3.05, 3.63) is 57.3 Å². The zero-order valence-electron chi connectivity index (χ0n) is 11.8. The predicted molar refractivity (Wildman–Crippen MR) is 88.3 cm³/mol. The van der Waals surface area contributed by atoms with Crippen molar-refractivity contribution in [3.63, 3.8) is 0 Å². The van der Waals surface area contributed by atoms with Crippen molar-refractivity contribution in [1.82, 2.24) is 10.4 Å². The van der Waals surface area contributed by atoms with Gasteiger partial charge in [-0.1, -0.05) is 27.5 Å². The molecule has 0 saturated heterocycles. The molecule has 0 radical (unpaired) electrons. The lowest BCUT2D eigenvalue weighted by Gasteiger charge is -2.19. The Bertz CT molecular complexity index is 622. The second kappa shape index (κ2) is 7.22. The highest BCUT2D eigenvalue weighted by atomic mass is 79.9. The number of pyridine rings is 1. The van der Waals surface area contributed by atoms with Gasteiger partial charge in [-0.2, -0.15) is 0 Å². The number of nitrogens with one attached hydrogen (secondary N) is 1. The fourth-order valence-corrected chi connectivity index (χ4v) is 2.69. The van der Waals surface area contributed by atoms with E-state index in [9.17, 15) is 0 Å². The Labute approximate surface area is 137 Å². The van der Waals surface area contributed by atoms with Gasteiger partial charge in [-0.15, -0.1) is 0 Å². The Morgan fingerprint density at radius 3 is 2.71 bits per heavy atom. The number of aromatic nitrogens is 1. The molecule has 0 saturated carbocycles. The molecule has 0 aliphatic carbocycles. The number of ether oxygens (including phenoxy) is 1. The highest BCUT2D eigenvalue weighted by Crippen LogP contribution is 2.31. The number of nitrogens with two attached hydrogens (primary N) is 1. The zero-order valence-corrected chi connectivity index (χ0v) is 14.1. The summed E-state index contributed by atoms with van der Waals surface area (Å²) in [5.41, 5.74) is 4.64.